The minimum Gasteiger partial charge on any atom is -0.432 e. The van der Waals surface area contributed by atoms with Crippen molar-refractivity contribution in [2.45, 2.75) is 38.3 Å². The summed E-state index contributed by atoms with van der Waals surface area (Å²) in [7, 11) is 0. The molecule has 1 aromatic carbocycles. The van der Waals surface area contributed by atoms with Crippen LogP contribution in [-0.2, 0) is 4.79 Å². The summed E-state index contributed by atoms with van der Waals surface area (Å²) in [5, 5.41) is 3.37. The van der Waals surface area contributed by atoms with E-state index in [0.717, 1.165) is 18.4 Å². The smallest absolute Gasteiger partial charge is 0.306 e. The number of halogens is 1. The van der Waals surface area contributed by atoms with E-state index < -0.39 is 5.54 Å². The number of hydrogen-bond acceptors (Lipinski definition) is 7. The normalized spacial score (nSPS) is 16.7. The number of rotatable bonds is 5. The summed E-state index contributed by atoms with van der Waals surface area (Å²) in [5.41, 5.74) is 7.83. The van der Waals surface area contributed by atoms with E-state index in [1.807, 2.05) is 0 Å². The van der Waals surface area contributed by atoms with Crippen LogP contribution in [0.15, 0.2) is 53.4 Å². The molecule has 4 aromatic rings. The van der Waals surface area contributed by atoms with Gasteiger partial charge in [-0.3, -0.25) is 9.20 Å². The van der Waals surface area contributed by atoms with Crippen LogP contribution in [0.5, 0.6) is 0 Å². The van der Waals surface area contributed by atoms with Crippen molar-refractivity contribution >= 4 is 17.7 Å². The van der Waals surface area contributed by atoms with Gasteiger partial charge in [0.05, 0.1) is 11.2 Å². The Hall–Kier alpha value is -3.79. The van der Waals surface area contributed by atoms with Gasteiger partial charge in [-0.2, -0.15) is 4.98 Å². The maximum absolute atomic E-state index is 13.5. The molecular formula is C24H26FN7O2. The molecule has 1 fully saturated rings. The molecule has 9 nitrogen and oxygen atoms in total. The van der Waals surface area contributed by atoms with Gasteiger partial charge < -0.3 is 20.4 Å². The number of carbonyl (C=O) groups is 1. The van der Waals surface area contributed by atoms with E-state index in [1.54, 1.807) is 60.0 Å². The van der Waals surface area contributed by atoms with Gasteiger partial charge in [0.1, 0.15) is 23.5 Å². The molecule has 1 saturated heterocycles. The molecule has 34 heavy (non-hydrogen) atoms. The van der Waals surface area contributed by atoms with Gasteiger partial charge in [0.15, 0.2) is 0 Å². The lowest BCUT2D eigenvalue weighted by atomic mass is 10.0. The second-order valence-corrected chi connectivity index (χ2v) is 9.09. The summed E-state index contributed by atoms with van der Waals surface area (Å²) in [6.45, 7) is 4.67. The number of nitrogens with two attached hydrogens (primary N) is 1. The number of amides is 1. The summed E-state index contributed by atoms with van der Waals surface area (Å²) in [4.78, 5) is 28.1. The lowest BCUT2D eigenvalue weighted by Crippen LogP contribution is -2.55. The van der Waals surface area contributed by atoms with Crippen LogP contribution >= 0.6 is 0 Å². The first kappa shape index (κ1) is 22.0. The Balaban J connectivity index is 1.44. The Labute approximate surface area is 195 Å². The fraction of sp³-hybridized carbons (Fsp3) is 0.333. The number of oxazole rings is 1. The third kappa shape index (κ3) is 4.24. The lowest BCUT2D eigenvalue weighted by molar-refractivity contribution is -0.136. The summed E-state index contributed by atoms with van der Waals surface area (Å²) >= 11 is 0. The maximum Gasteiger partial charge on any atom is 0.306 e. The number of likely N-dealkylation sites (tertiary alicyclic amines) is 1. The molecule has 1 unspecified atom stereocenters. The number of nitrogens with zero attached hydrogens (tertiary/aromatic N) is 5. The summed E-state index contributed by atoms with van der Waals surface area (Å²) in [6, 6.07) is 7.94. The van der Waals surface area contributed by atoms with Crippen molar-refractivity contribution in [3.63, 3.8) is 0 Å². The van der Waals surface area contributed by atoms with Crippen molar-refractivity contribution in [3.8, 4) is 22.6 Å². The number of hydrogen-bond donors (Lipinski definition) is 2. The van der Waals surface area contributed by atoms with E-state index in [4.69, 9.17) is 15.1 Å². The number of imidazole rings is 1. The summed E-state index contributed by atoms with van der Waals surface area (Å²) < 4.78 is 20.8. The van der Waals surface area contributed by atoms with Crippen LogP contribution in [0.1, 0.15) is 26.7 Å². The van der Waals surface area contributed by atoms with Gasteiger partial charge in [-0.1, -0.05) is 0 Å². The van der Waals surface area contributed by atoms with Crippen LogP contribution < -0.4 is 11.1 Å². The number of carbonyl (C=O) groups excluding carboxylic acids is 1. The van der Waals surface area contributed by atoms with Crippen LogP contribution in [0, 0.1) is 5.82 Å². The molecule has 1 amide bonds. The molecule has 1 atom stereocenters. The average Bonchev–Trinajstić information content (AvgIpc) is 3.40. The number of nitrogens with one attached hydrogen (secondary N) is 1. The molecule has 176 valence electrons. The van der Waals surface area contributed by atoms with Crippen LogP contribution in [-0.4, -0.2) is 54.8 Å². The van der Waals surface area contributed by atoms with E-state index in [-0.39, 0.29) is 17.8 Å². The highest BCUT2D eigenvalue weighted by Gasteiger charge is 2.31. The zero-order chi connectivity index (χ0) is 23.9. The molecule has 3 N–H and O–H groups in total. The topological polar surface area (TPSA) is 115 Å². The predicted octanol–water partition coefficient (Wildman–Crippen LogP) is 3.33. The molecular weight excluding hydrogens is 437 g/mol. The van der Waals surface area contributed by atoms with Crippen molar-refractivity contribution < 1.29 is 13.6 Å². The summed E-state index contributed by atoms with van der Waals surface area (Å²) in [6.07, 6.45) is 6.74. The number of fused-ring (bicyclic) bond motifs is 1. The SMILES string of the molecule is CC(C)(N)C(=O)N1CCCC(Nc2nccc(-c3c(-c4ccc(F)cc4)nc4occn34)n2)C1. The largest absolute Gasteiger partial charge is 0.432 e. The van der Waals surface area contributed by atoms with Gasteiger partial charge in [0.25, 0.3) is 0 Å². The first-order valence-electron chi connectivity index (χ1n) is 11.2. The highest BCUT2D eigenvalue weighted by Crippen LogP contribution is 2.32. The van der Waals surface area contributed by atoms with Gasteiger partial charge in [-0.15, -0.1) is 0 Å². The van der Waals surface area contributed by atoms with E-state index in [0.29, 0.717) is 42.0 Å². The Morgan fingerprint density at radius 2 is 2.03 bits per heavy atom. The van der Waals surface area contributed by atoms with Crippen LogP contribution in [0.3, 0.4) is 0 Å². The van der Waals surface area contributed by atoms with Gasteiger partial charge in [-0.25, -0.2) is 14.4 Å². The Bertz CT molecular complexity index is 1320. The van der Waals surface area contributed by atoms with Crippen molar-refractivity contribution in [2.24, 2.45) is 5.73 Å². The Morgan fingerprint density at radius 3 is 2.79 bits per heavy atom. The summed E-state index contributed by atoms with van der Waals surface area (Å²) in [5.74, 6) is 0.472. The number of aromatic nitrogens is 4. The lowest BCUT2D eigenvalue weighted by Gasteiger charge is -2.36. The molecule has 3 aromatic heterocycles. The van der Waals surface area contributed by atoms with Crippen molar-refractivity contribution in [3.05, 3.63) is 54.8 Å². The molecule has 0 bridgehead atoms. The first-order valence-corrected chi connectivity index (χ1v) is 11.2. The zero-order valence-electron chi connectivity index (χ0n) is 19.0. The molecule has 4 heterocycles. The third-order valence-electron chi connectivity index (χ3n) is 5.87. The molecule has 1 aliphatic heterocycles. The van der Waals surface area contributed by atoms with E-state index in [9.17, 15) is 9.18 Å². The van der Waals surface area contributed by atoms with Gasteiger partial charge in [0.2, 0.25) is 11.9 Å². The average molecular weight is 464 g/mol. The minimum atomic E-state index is -0.910. The molecule has 0 saturated carbocycles. The molecule has 10 heteroatoms. The van der Waals surface area contributed by atoms with Gasteiger partial charge in [0, 0.05) is 37.1 Å². The Kier molecular flexibility index (Phi) is 5.52. The van der Waals surface area contributed by atoms with Gasteiger partial charge >= 0.3 is 5.84 Å². The second kappa shape index (κ2) is 8.53. The molecule has 5 rings (SSSR count). The van der Waals surface area contributed by atoms with Crippen LogP contribution in [0.25, 0.3) is 28.5 Å². The number of anilines is 1. The fourth-order valence-corrected chi connectivity index (χ4v) is 4.27. The molecule has 1 aliphatic rings. The van der Waals surface area contributed by atoms with Crippen LogP contribution in [0.4, 0.5) is 10.3 Å². The van der Waals surface area contributed by atoms with Gasteiger partial charge in [-0.05, 0) is 57.0 Å². The first-order chi connectivity index (χ1) is 16.3. The van der Waals surface area contributed by atoms with E-state index in [2.05, 4.69) is 15.3 Å². The molecule has 0 radical (unpaired) electrons. The van der Waals surface area contributed by atoms with Crippen molar-refractivity contribution in [1.29, 1.82) is 0 Å². The highest BCUT2D eigenvalue weighted by molar-refractivity contribution is 5.85. The predicted molar refractivity (Wildman–Crippen MR) is 125 cm³/mol. The quantitative estimate of drug-likeness (QED) is 0.467. The fourth-order valence-electron chi connectivity index (χ4n) is 4.27. The molecule has 0 spiro atoms. The molecule has 0 aliphatic carbocycles. The maximum atomic E-state index is 13.5. The number of piperidine rings is 1. The standard InChI is InChI=1S/C24H26FN7O2/c1-24(2,26)21(33)31-11-3-4-17(14-31)28-22-27-10-9-18(29-22)20-19(15-5-7-16(25)8-6-15)30-23-32(20)12-13-34-23/h5-10,12-13,17H,3-4,11,14,26H2,1-2H3,(H,27,28,29). The van der Waals surface area contributed by atoms with E-state index >= 15 is 0 Å². The zero-order valence-corrected chi connectivity index (χ0v) is 19.0. The van der Waals surface area contributed by atoms with Crippen LogP contribution in [0.2, 0.25) is 0 Å². The minimum absolute atomic E-state index is 0.00579. The number of benzene rings is 1. The van der Waals surface area contributed by atoms with E-state index in [1.165, 1.54) is 12.1 Å². The monoisotopic (exact) mass is 463 g/mol. The highest BCUT2D eigenvalue weighted by atomic mass is 19.1. The Morgan fingerprint density at radius 1 is 1.24 bits per heavy atom. The van der Waals surface area contributed by atoms with Crippen molar-refractivity contribution in [2.75, 3.05) is 18.4 Å². The third-order valence-corrected chi connectivity index (χ3v) is 5.87. The second-order valence-electron chi connectivity index (χ2n) is 9.09. The van der Waals surface area contributed by atoms with Crippen molar-refractivity contribution in [1.82, 2.24) is 24.3 Å².